The molecule has 2 rings (SSSR count). The van der Waals surface area contributed by atoms with Crippen molar-refractivity contribution in [3.8, 4) is 0 Å². The summed E-state index contributed by atoms with van der Waals surface area (Å²) in [5.74, 6) is -1.11. The number of amides is 1. The number of carbonyl (C=O) groups is 2. The Balaban J connectivity index is 2.18. The monoisotopic (exact) mass is 342 g/mol. The minimum atomic E-state index is -0.511. The predicted octanol–water partition coefficient (Wildman–Crippen LogP) is 3.50. The number of carbonyl (C=O) groups excluding carboxylic acids is 2. The lowest BCUT2D eigenvalue weighted by Crippen LogP contribution is -2.11. The molecule has 0 fully saturated rings. The van der Waals surface area contributed by atoms with Gasteiger partial charge in [-0.05, 0) is 18.2 Å². The lowest BCUT2D eigenvalue weighted by Gasteiger charge is -2.02. The predicted molar refractivity (Wildman–Crippen MR) is 74.2 cm³/mol. The number of aromatic nitrogens is 1. The van der Waals surface area contributed by atoms with Gasteiger partial charge in [0.2, 0.25) is 0 Å². The van der Waals surface area contributed by atoms with Gasteiger partial charge >= 0.3 is 0 Å². The first-order valence-corrected chi connectivity index (χ1v) is 6.81. The minimum Gasteiger partial charge on any atom is -0.298 e. The largest absolute Gasteiger partial charge is 0.298 e. The van der Waals surface area contributed by atoms with E-state index in [1.807, 2.05) is 0 Å². The molecule has 0 aliphatic carbocycles. The second-order valence-electron chi connectivity index (χ2n) is 3.70. The fraction of sp³-hybridized carbons (Fsp3) is 0.0833. The molecule has 0 saturated carbocycles. The second kappa shape index (κ2) is 5.58. The van der Waals surface area contributed by atoms with Gasteiger partial charge in [-0.1, -0.05) is 27.3 Å². The van der Waals surface area contributed by atoms with E-state index in [4.69, 9.17) is 0 Å². The maximum absolute atomic E-state index is 13.2. The van der Waals surface area contributed by atoms with Crippen LogP contribution in [0.15, 0.2) is 28.9 Å². The number of benzene rings is 1. The third-order valence-electron chi connectivity index (χ3n) is 2.20. The molecule has 0 saturated heterocycles. The summed E-state index contributed by atoms with van der Waals surface area (Å²) in [7, 11) is 0. The molecule has 4 nitrogen and oxygen atoms in total. The summed E-state index contributed by atoms with van der Waals surface area (Å²) in [5.41, 5.74) is 0.173. The maximum Gasteiger partial charge on any atom is 0.257 e. The van der Waals surface area contributed by atoms with Crippen LogP contribution < -0.4 is 5.32 Å². The van der Waals surface area contributed by atoms with E-state index >= 15 is 0 Å². The molecule has 1 amide bonds. The third kappa shape index (κ3) is 3.45. The van der Waals surface area contributed by atoms with Gasteiger partial charge in [-0.15, -0.1) is 0 Å². The highest BCUT2D eigenvalue weighted by molar-refractivity contribution is 9.10. The Labute approximate surface area is 120 Å². The van der Waals surface area contributed by atoms with E-state index in [1.54, 1.807) is 0 Å². The van der Waals surface area contributed by atoms with Crippen LogP contribution in [-0.2, 0) is 0 Å². The summed E-state index contributed by atoms with van der Waals surface area (Å²) in [6.07, 6.45) is 1.39. The van der Waals surface area contributed by atoms with Crippen LogP contribution in [0.4, 0.5) is 9.52 Å². The molecule has 0 atom stereocenters. The van der Waals surface area contributed by atoms with Crippen LogP contribution in [0.2, 0.25) is 0 Å². The van der Waals surface area contributed by atoms with Crippen molar-refractivity contribution >= 4 is 44.1 Å². The Bertz CT molecular complexity index is 637. The third-order valence-corrected chi connectivity index (χ3v) is 3.67. The van der Waals surface area contributed by atoms with Crippen molar-refractivity contribution in [2.75, 3.05) is 5.32 Å². The number of thiazole rings is 1. The zero-order valence-corrected chi connectivity index (χ0v) is 12.1. The second-order valence-corrected chi connectivity index (χ2v) is 5.64. The van der Waals surface area contributed by atoms with Crippen LogP contribution in [0.3, 0.4) is 0 Å². The van der Waals surface area contributed by atoms with Crippen molar-refractivity contribution in [3.63, 3.8) is 0 Å². The first-order valence-electron chi connectivity index (χ1n) is 5.20. The minimum absolute atomic E-state index is 0.119. The van der Waals surface area contributed by atoms with Crippen molar-refractivity contribution < 1.29 is 14.0 Å². The zero-order valence-electron chi connectivity index (χ0n) is 9.74. The van der Waals surface area contributed by atoms with Crippen LogP contribution in [-0.4, -0.2) is 16.7 Å². The lowest BCUT2D eigenvalue weighted by molar-refractivity contribution is 0.101. The molecule has 1 aromatic carbocycles. The standard InChI is InChI=1S/C12H8BrFN2O2S/c1-6(17)10-5-15-12(19-10)16-11(18)7-2-8(13)4-9(14)3-7/h2-5H,1H3,(H,15,16,18). The summed E-state index contributed by atoms with van der Waals surface area (Å²) >= 11 is 4.19. The molecule has 1 N–H and O–H groups in total. The zero-order chi connectivity index (χ0) is 14.0. The molecule has 1 aromatic heterocycles. The smallest absolute Gasteiger partial charge is 0.257 e. The molecule has 19 heavy (non-hydrogen) atoms. The Morgan fingerprint density at radius 3 is 2.68 bits per heavy atom. The lowest BCUT2D eigenvalue weighted by atomic mass is 10.2. The maximum atomic E-state index is 13.2. The molecule has 0 bridgehead atoms. The molecule has 1 heterocycles. The molecular weight excluding hydrogens is 335 g/mol. The number of halogens is 2. The van der Waals surface area contributed by atoms with Gasteiger partial charge in [0.25, 0.3) is 5.91 Å². The van der Waals surface area contributed by atoms with Gasteiger partial charge in [-0.25, -0.2) is 9.37 Å². The number of anilines is 1. The number of hydrogen-bond donors (Lipinski definition) is 1. The van der Waals surface area contributed by atoms with E-state index in [0.717, 1.165) is 17.4 Å². The van der Waals surface area contributed by atoms with Crippen molar-refractivity contribution in [1.82, 2.24) is 4.98 Å². The molecule has 0 radical (unpaired) electrons. The van der Waals surface area contributed by atoms with E-state index in [9.17, 15) is 14.0 Å². The van der Waals surface area contributed by atoms with Gasteiger partial charge in [-0.2, -0.15) is 0 Å². The van der Waals surface area contributed by atoms with Gasteiger partial charge in [0.05, 0.1) is 11.1 Å². The van der Waals surface area contributed by atoms with Gasteiger partial charge in [0.15, 0.2) is 10.9 Å². The highest BCUT2D eigenvalue weighted by Gasteiger charge is 2.12. The summed E-state index contributed by atoms with van der Waals surface area (Å²) < 4.78 is 13.6. The molecule has 98 valence electrons. The highest BCUT2D eigenvalue weighted by atomic mass is 79.9. The van der Waals surface area contributed by atoms with Gasteiger partial charge in [0.1, 0.15) is 5.82 Å². The van der Waals surface area contributed by atoms with Crippen LogP contribution >= 0.6 is 27.3 Å². The van der Waals surface area contributed by atoms with Gasteiger partial charge in [0, 0.05) is 17.0 Å². The average molecular weight is 343 g/mol. The molecule has 2 aromatic rings. The SMILES string of the molecule is CC(=O)c1cnc(NC(=O)c2cc(F)cc(Br)c2)s1. The van der Waals surface area contributed by atoms with E-state index in [-0.39, 0.29) is 11.3 Å². The number of ketones is 1. The fourth-order valence-corrected chi connectivity index (χ4v) is 2.52. The topological polar surface area (TPSA) is 59.1 Å². The van der Waals surface area contributed by atoms with Crippen LogP contribution in [0.5, 0.6) is 0 Å². The Morgan fingerprint density at radius 1 is 1.37 bits per heavy atom. The normalized spacial score (nSPS) is 10.3. The molecule has 7 heteroatoms. The van der Waals surface area contributed by atoms with Crippen molar-refractivity contribution in [2.45, 2.75) is 6.92 Å². The van der Waals surface area contributed by atoms with Crippen molar-refractivity contribution in [3.05, 3.63) is 45.1 Å². The van der Waals surface area contributed by atoms with Crippen molar-refractivity contribution in [1.29, 1.82) is 0 Å². The Kier molecular flexibility index (Phi) is 4.06. The van der Waals surface area contributed by atoms with E-state index in [1.165, 1.54) is 25.3 Å². The number of nitrogens with zero attached hydrogens (tertiary/aromatic N) is 1. The quantitative estimate of drug-likeness (QED) is 0.868. The Hall–Kier alpha value is -1.60. The molecule has 0 aliphatic heterocycles. The van der Waals surface area contributed by atoms with Crippen LogP contribution in [0.1, 0.15) is 27.0 Å². The summed E-state index contributed by atoms with van der Waals surface area (Å²) in [4.78, 5) is 27.3. The first kappa shape index (κ1) is 13.8. The van der Waals surface area contributed by atoms with E-state index in [2.05, 4.69) is 26.2 Å². The van der Waals surface area contributed by atoms with Gasteiger partial charge in [-0.3, -0.25) is 14.9 Å². The number of hydrogen-bond acceptors (Lipinski definition) is 4. The first-order chi connectivity index (χ1) is 8.95. The van der Waals surface area contributed by atoms with E-state index in [0.29, 0.717) is 14.5 Å². The average Bonchev–Trinajstić information content (AvgIpc) is 2.76. The molecule has 0 spiro atoms. The van der Waals surface area contributed by atoms with Crippen LogP contribution in [0, 0.1) is 5.82 Å². The van der Waals surface area contributed by atoms with E-state index < -0.39 is 11.7 Å². The number of rotatable bonds is 3. The van der Waals surface area contributed by atoms with Crippen LogP contribution in [0.25, 0.3) is 0 Å². The summed E-state index contributed by atoms with van der Waals surface area (Å²) in [6.45, 7) is 1.42. The molecule has 0 aliphatic rings. The highest BCUT2D eigenvalue weighted by Crippen LogP contribution is 2.20. The van der Waals surface area contributed by atoms with Gasteiger partial charge < -0.3 is 0 Å². The summed E-state index contributed by atoms with van der Waals surface area (Å²) in [5, 5.41) is 2.82. The fourth-order valence-electron chi connectivity index (χ4n) is 1.35. The van der Waals surface area contributed by atoms with Crippen molar-refractivity contribution in [2.24, 2.45) is 0 Å². The molecule has 0 unspecified atom stereocenters. The molecular formula is C12H8BrFN2O2S. The Morgan fingerprint density at radius 2 is 2.11 bits per heavy atom. The summed E-state index contributed by atoms with van der Waals surface area (Å²) in [6, 6.07) is 3.88. The number of Topliss-reactive ketones (excluding diaryl/α,β-unsaturated/α-hetero) is 1. The number of nitrogens with one attached hydrogen (secondary N) is 1.